The molecule has 0 aliphatic heterocycles. The van der Waals surface area contributed by atoms with E-state index in [0.29, 0.717) is 12.0 Å². The molecule has 2 N–H and O–H groups in total. The van der Waals surface area contributed by atoms with Crippen LogP contribution in [0.25, 0.3) is 0 Å². The SMILES string of the molecule is CCC(C)CNc1cccc(C(=O)NC2CC2)c1. The molecule has 1 fully saturated rings. The Labute approximate surface area is 109 Å². The highest BCUT2D eigenvalue weighted by atomic mass is 16.1. The molecule has 0 spiro atoms. The second-order valence-electron chi connectivity index (χ2n) is 5.22. The van der Waals surface area contributed by atoms with Gasteiger partial charge in [-0.15, -0.1) is 0 Å². The number of carbonyl (C=O) groups excluding carboxylic acids is 1. The van der Waals surface area contributed by atoms with Crippen molar-refractivity contribution in [2.45, 2.75) is 39.2 Å². The van der Waals surface area contributed by atoms with Gasteiger partial charge in [-0.1, -0.05) is 26.3 Å². The lowest BCUT2D eigenvalue weighted by atomic mass is 10.1. The Hall–Kier alpha value is -1.51. The minimum absolute atomic E-state index is 0.0460. The number of anilines is 1. The molecule has 0 radical (unpaired) electrons. The molecule has 0 aromatic heterocycles. The van der Waals surface area contributed by atoms with Gasteiger partial charge in [-0.05, 0) is 37.0 Å². The summed E-state index contributed by atoms with van der Waals surface area (Å²) >= 11 is 0. The molecule has 1 saturated carbocycles. The van der Waals surface area contributed by atoms with Crippen molar-refractivity contribution in [2.24, 2.45) is 5.92 Å². The lowest BCUT2D eigenvalue weighted by molar-refractivity contribution is 0.0951. The summed E-state index contributed by atoms with van der Waals surface area (Å²) in [6, 6.07) is 8.15. The van der Waals surface area contributed by atoms with Gasteiger partial charge in [-0.3, -0.25) is 4.79 Å². The maximum absolute atomic E-state index is 11.9. The van der Waals surface area contributed by atoms with Crippen molar-refractivity contribution in [1.29, 1.82) is 0 Å². The number of hydrogen-bond donors (Lipinski definition) is 2. The smallest absolute Gasteiger partial charge is 0.251 e. The summed E-state index contributed by atoms with van der Waals surface area (Å²) < 4.78 is 0. The van der Waals surface area contributed by atoms with Crippen LogP contribution in [0, 0.1) is 5.92 Å². The van der Waals surface area contributed by atoms with Crippen molar-refractivity contribution in [1.82, 2.24) is 5.32 Å². The highest BCUT2D eigenvalue weighted by molar-refractivity contribution is 5.95. The van der Waals surface area contributed by atoms with Crippen LogP contribution in [0.1, 0.15) is 43.5 Å². The van der Waals surface area contributed by atoms with E-state index in [1.165, 1.54) is 0 Å². The Kier molecular flexibility index (Phi) is 4.24. The van der Waals surface area contributed by atoms with Crippen LogP contribution in [0.5, 0.6) is 0 Å². The molecule has 18 heavy (non-hydrogen) atoms. The number of nitrogens with one attached hydrogen (secondary N) is 2. The highest BCUT2D eigenvalue weighted by Crippen LogP contribution is 2.20. The maximum atomic E-state index is 11.9. The van der Waals surface area contributed by atoms with Crippen molar-refractivity contribution in [3.63, 3.8) is 0 Å². The van der Waals surface area contributed by atoms with E-state index in [1.807, 2.05) is 24.3 Å². The molecule has 3 nitrogen and oxygen atoms in total. The standard InChI is InChI=1S/C15H22N2O/c1-3-11(2)10-16-14-6-4-5-12(9-14)15(18)17-13-7-8-13/h4-6,9,11,13,16H,3,7-8,10H2,1-2H3,(H,17,18). The van der Waals surface area contributed by atoms with Crippen LogP contribution in [0.3, 0.4) is 0 Å². The number of benzene rings is 1. The van der Waals surface area contributed by atoms with E-state index >= 15 is 0 Å². The van der Waals surface area contributed by atoms with Crippen molar-refractivity contribution in [3.8, 4) is 0 Å². The van der Waals surface area contributed by atoms with Gasteiger partial charge >= 0.3 is 0 Å². The molecular weight excluding hydrogens is 224 g/mol. The lowest BCUT2D eigenvalue weighted by Crippen LogP contribution is -2.25. The third kappa shape index (κ3) is 3.76. The van der Waals surface area contributed by atoms with Gasteiger partial charge in [0.2, 0.25) is 0 Å². The van der Waals surface area contributed by atoms with Crippen LogP contribution < -0.4 is 10.6 Å². The fraction of sp³-hybridized carbons (Fsp3) is 0.533. The molecular formula is C15H22N2O. The third-order valence-corrected chi connectivity index (χ3v) is 3.39. The van der Waals surface area contributed by atoms with E-state index in [4.69, 9.17) is 0 Å². The molecule has 1 aromatic carbocycles. The first-order chi connectivity index (χ1) is 8.69. The summed E-state index contributed by atoms with van der Waals surface area (Å²) in [6.07, 6.45) is 3.41. The normalized spacial score (nSPS) is 16.1. The van der Waals surface area contributed by atoms with Crippen LogP contribution in [-0.2, 0) is 0 Å². The molecule has 3 heteroatoms. The lowest BCUT2D eigenvalue weighted by Gasteiger charge is -2.12. The summed E-state index contributed by atoms with van der Waals surface area (Å²) in [6.45, 7) is 5.35. The van der Waals surface area contributed by atoms with E-state index < -0.39 is 0 Å². The third-order valence-electron chi connectivity index (χ3n) is 3.39. The Balaban J connectivity index is 1.93. The van der Waals surface area contributed by atoms with Crippen molar-refractivity contribution in [2.75, 3.05) is 11.9 Å². The fourth-order valence-electron chi connectivity index (χ4n) is 1.70. The van der Waals surface area contributed by atoms with Crippen LogP contribution in [0.15, 0.2) is 24.3 Å². The Morgan fingerprint density at radius 1 is 1.44 bits per heavy atom. The van der Waals surface area contributed by atoms with E-state index in [1.54, 1.807) is 0 Å². The predicted octanol–water partition coefficient (Wildman–Crippen LogP) is 3.04. The van der Waals surface area contributed by atoms with E-state index in [9.17, 15) is 4.79 Å². The first-order valence-corrected chi connectivity index (χ1v) is 6.84. The monoisotopic (exact) mass is 246 g/mol. The number of rotatable bonds is 6. The van der Waals surface area contributed by atoms with Gasteiger partial charge in [0, 0.05) is 23.8 Å². The molecule has 0 saturated heterocycles. The topological polar surface area (TPSA) is 41.1 Å². The molecule has 1 aliphatic rings. The van der Waals surface area contributed by atoms with Crippen molar-refractivity contribution < 1.29 is 4.79 Å². The second-order valence-corrected chi connectivity index (χ2v) is 5.22. The zero-order valence-electron chi connectivity index (χ0n) is 11.2. The largest absolute Gasteiger partial charge is 0.385 e. The molecule has 1 atom stereocenters. The van der Waals surface area contributed by atoms with Crippen LogP contribution >= 0.6 is 0 Å². The van der Waals surface area contributed by atoms with Crippen LogP contribution in [-0.4, -0.2) is 18.5 Å². The van der Waals surface area contributed by atoms with Gasteiger partial charge in [0.25, 0.3) is 5.91 Å². The average Bonchev–Trinajstić information content (AvgIpc) is 3.20. The van der Waals surface area contributed by atoms with Crippen molar-refractivity contribution >= 4 is 11.6 Å². The molecule has 1 unspecified atom stereocenters. The first-order valence-electron chi connectivity index (χ1n) is 6.84. The van der Waals surface area contributed by atoms with E-state index in [-0.39, 0.29) is 5.91 Å². The Morgan fingerprint density at radius 2 is 2.22 bits per heavy atom. The van der Waals surface area contributed by atoms with Gasteiger partial charge in [0.05, 0.1) is 0 Å². The fourth-order valence-corrected chi connectivity index (χ4v) is 1.70. The molecule has 1 aromatic rings. The molecule has 1 amide bonds. The number of hydrogen-bond acceptors (Lipinski definition) is 2. The van der Waals surface area contributed by atoms with E-state index in [2.05, 4.69) is 24.5 Å². The van der Waals surface area contributed by atoms with Gasteiger partial charge < -0.3 is 10.6 Å². The molecule has 1 aliphatic carbocycles. The Morgan fingerprint density at radius 3 is 2.89 bits per heavy atom. The van der Waals surface area contributed by atoms with Crippen LogP contribution in [0.4, 0.5) is 5.69 Å². The summed E-state index contributed by atoms with van der Waals surface area (Å²) in [5, 5.41) is 6.39. The maximum Gasteiger partial charge on any atom is 0.251 e. The summed E-state index contributed by atoms with van der Waals surface area (Å²) in [7, 11) is 0. The zero-order valence-corrected chi connectivity index (χ0v) is 11.2. The predicted molar refractivity (Wildman–Crippen MR) is 74.9 cm³/mol. The molecule has 0 heterocycles. The summed E-state index contributed by atoms with van der Waals surface area (Å²) in [5.74, 6) is 0.693. The van der Waals surface area contributed by atoms with Crippen molar-refractivity contribution in [3.05, 3.63) is 29.8 Å². The average molecular weight is 246 g/mol. The van der Waals surface area contributed by atoms with Gasteiger partial charge in [-0.25, -0.2) is 0 Å². The first kappa shape index (κ1) is 12.9. The molecule has 0 bridgehead atoms. The summed E-state index contributed by atoms with van der Waals surface area (Å²) in [5.41, 5.74) is 1.77. The number of amides is 1. The molecule has 98 valence electrons. The number of carbonyl (C=O) groups is 1. The highest BCUT2D eigenvalue weighted by Gasteiger charge is 2.23. The summed E-state index contributed by atoms with van der Waals surface area (Å²) in [4.78, 5) is 11.9. The quantitative estimate of drug-likeness (QED) is 0.810. The van der Waals surface area contributed by atoms with Gasteiger partial charge in [-0.2, -0.15) is 0 Å². The van der Waals surface area contributed by atoms with E-state index in [0.717, 1.165) is 37.1 Å². The van der Waals surface area contributed by atoms with Crippen LogP contribution in [0.2, 0.25) is 0 Å². The minimum atomic E-state index is 0.0460. The molecule has 2 rings (SSSR count). The minimum Gasteiger partial charge on any atom is -0.385 e. The Bertz CT molecular complexity index is 413. The zero-order chi connectivity index (χ0) is 13.0. The van der Waals surface area contributed by atoms with Gasteiger partial charge in [0.1, 0.15) is 0 Å². The second kappa shape index (κ2) is 5.89. The van der Waals surface area contributed by atoms with Gasteiger partial charge in [0.15, 0.2) is 0 Å².